The zero-order valence-electron chi connectivity index (χ0n) is 15.2. The summed E-state index contributed by atoms with van der Waals surface area (Å²) in [5.41, 5.74) is 7.02. The number of hydrogen-bond acceptors (Lipinski definition) is 3. The first-order valence-corrected chi connectivity index (χ1v) is 9.68. The van der Waals surface area contributed by atoms with Crippen LogP contribution in [0.5, 0.6) is 0 Å². The molecule has 0 aliphatic carbocycles. The summed E-state index contributed by atoms with van der Waals surface area (Å²) in [4.78, 5) is 36.1. The van der Waals surface area contributed by atoms with E-state index in [2.05, 4.69) is 33.2 Å². The number of primary amides is 1. The minimum atomic E-state index is -0.923. The van der Waals surface area contributed by atoms with Crippen molar-refractivity contribution in [1.29, 1.82) is 0 Å². The maximum Gasteiger partial charge on any atom is 0.243 e. The van der Waals surface area contributed by atoms with Gasteiger partial charge >= 0.3 is 0 Å². The highest BCUT2D eigenvalue weighted by Crippen LogP contribution is 2.14. The third kappa shape index (κ3) is 6.59. The van der Waals surface area contributed by atoms with Crippen molar-refractivity contribution in [2.75, 3.05) is 0 Å². The monoisotopic (exact) mass is 497 g/mol. The summed E-state index contributed by atoms with van der Waals surface area (Å²) >= 11 is 2.15. The number of benzene rings is 2. The standard InChI is InChI=1S/C20H21FIN3O3/c1-12(26)24-18(10-13-6-8-15(21)9-7-13)20(28)25-17(19(23)27)11-14-4-2-3-5-16(14)22/h2-9,17-18H,10-11H2,1H3,(H2,23,27)(H,24,26)(H,25,28)/t17-,18-/m1/s1. The molecule has 0 bridgehead atoms. The van der Waals surface area contributed by atoms with Gasteiger partial charge in [0.1, 0.15) is 17.9 Å². The lowest BCUT2D eigenvalue weighted by molar-refractivity contribution is -0.130. The fourth-order valence-electron chi connectivity index (χ4n) is 2.69. The zero-order valence-corrected chi connectivity index (χ0v) is 17.4. The van der Waals surface area contributed by atoms with Gasteiger partial charge in [0, 0.05) is 23.3 Å². The lowest BCUT2D eigenvalue weighted by Crippen LogP contribution is -2.54. The maximum atomic E-state index is 13.1. The normalized spacial score (nSPS) is 12.7. The molecule has 2 aromatic rings. The molecule has 0 unspecified atom stereocenters. The molecule has 0 saturated heterocycles. The number of hydrogen-bond donors (Lipinski definition) is 3. The van der Waals surface area contributed by atoms with Crippen LogP contribution < -0.4 is 16.4 Å². The molecule has 0 aliphatic heterocycles. The van der Waals surface area contributed by atoms with E-state index in [1.54, 1.807) is 0 Å². The van der Waals surface area contributed by atoms with Gasteiger partial charge in [0.2, 0.25) is 17.7 Å². The highest BCUT2D eigenvalue weighted by Gasteiger charge is 2.26. The number of nitrogens with two attached hydrogens (primary N) is 1. The van der Waals surface area contributed by atoms with Crippen LogP contribution in [0.25, 0.3) is 0 Å². The second-order valence-electron chi connectivity index (χ2n) is 6.34. The number of carbonyl (C=O) groups excluding carboxylic acids is 3. The summed E-state index contributed by atoms with van der Waals surface area (Å²) < 4.78 is 14.0. The minimum Gasteiger partial charge on any atom is -0.368 e. The molecule has 0 saturated carbocycles. The molecule has 2 rings (SSSR count). The number of amides is 3. The smallest absolute Gasteiger partial charge is 0.243 e. The number of carbonyl (C=O) groups is 3. The SMILES string of the molecule is CC(=O)N[C@H](Cc1ccc(F)cc1)C(=O)N[C@H](Cc1ccccc1I)C(N)=O. The topological polar surface area (TPSA) is 101 Å². The van der Waals surface area contributed by atoms with Crippen molar-refractivity contribution in [2.24, 2.45) is 5.73 Å². The van der Waals surface area contributed by atoms with E-state index < -0.39 is 35.6 Å². The van der Waals surface area contributed by atoms with Gasteiger partial charge in [-0.05, 0) is 51.9 Å². The van der Waals surface area contributed by atoms with E-state index in [1.165, 1.54) is 31.2 Å². The number of rotatable bonds is 8. The van der Waals surface area contributed by atoms with Gasteiger partial charge in [-0.25, -0.2) is 4.39 Å². The van der Waals surface area contributed by atoms with E-state index in [9.17, 15) is 18.8 Å². The molecule has 0 radical (unpaired) electrons. The zero-order chi connectivity index (χ0) is 20.7. The summed E-state index contributed by atoms with van der Waals surface area (Å²) in [7, 11) is 0. The Morgan fingerprint density at radius 1 is 1.00 bits per heavy atom. The molecule has 0 fully saturated rings. The molecule has 0 spiro atoms. The molecule has 28 heavy (non-hydrogen) atoms. The van der Waals surface area contributed by atoms with Crippen molar-refractivity contribution in [3.8, 4) is 0 Å². The Bertz CT molecular complexity index is 858. The van der Waals surface area contributed by atoms with Crippen LogP contribution >= 0.6 is 22.6 Å². The van der Waals surface area contributed by atoms with E-state index in [4.69, 9.17) is 5.73 Å². The van der Waals surface area contributed by atoms with Crippen LogP contribution in [-0.4, -0.2) is 29.8 Å². The molecular weight excluding hydrogens is 476 g/mol. The Hall–Kier alpha value is -2.49. The van der Waals surface area contributed by atoms with Gasteiger partial charge in [0.25, 0.3) is 0 Å². The fraction of sp³-hybridized carbons (Fsp3) is 0.250. The minimum absolute atomic E-state index is 0.153. The summed E-state index contributed by atoms with van der Waals surface area (Å²) in [5.74, 6) is -1.99. The number of halogens is 2. The second-order valence-corrected chi connectivity index (χ2v) is 7.50. The summed E-state index contributed by atoms with van der Waals surface area (Å²) in [6.45, 7) is 1.29. The van der Waals surface area contributed by atoms with Gasteiger partial charge in [0.15, 0.2) is 0 Å². The van der Waals surface area contributed by atoms with Gasteiger partial charge in [0.05, 0.1) is 0 Å². The first-order chi connectivity index (χ1) is 13.3. The molecule has 4 N–H and O–H groups in total. The van der Waals surface area contributed by atoms with Gasteiger partial charge in [-0.1, -0.05) is 30.3 Å². The first-order valence-electron chi connectivity index (χ1n) is 8.61. The molecule has 6 nitrogen and oxygen atoms in total. The average Bonchev–Trinajstić information content (AvgIpc) is 2.63. The van der Waals surface area contributed by atoms with Crippen LogP contribution in [-0.2, 0) is 27.2 Å². The van der Waals surface area contributed by atoms with Gasteiger partial charge in [-0.2, -0.15) is 0 Å². The summed E-state index contributed by atoms with van der Waals surface area (Å²) in [5, 5.41) is 5.19. The molecular formula is C20H21FIN3O3. The Morgan fingerprint density at radius 3 is 2.21 bits per heavy atom. The highest BCUT2D eigenvalue weighted by atomic mass is 127. The van der Waals surface area contributed by atoms with Crippen LogP contribution in [0.3, 0.4) is 0 Å². The van der Waals surface area contributed by atoms with Crippen molar-refractivity contribution in [1.82, 2.24) is 10.6 Å². The van der Waals surface area contributed by atoms with Crippen molar-refractivity contribution in [2.45, 2.75) is 31.8 Å². The largest absolute Gasteiger partial charge is 0.368 e. The predicted molar refractivity (Wildman–Crippen MR) is 112 cm³/mol. The molecule has 0 heterocycles. The fourth-order valence-corrected chi connectivity index (χ4v) is 3.30. The van der Waals surface area contributed by atoms with E-state index in [0.29, 0.717) is 5.56 Å². The summed E-state index contributed by atoms with van der Waals surface area (Å²) in [6.07, 6.45) is 0.392. The van der Waals surface area contributed by atoms with Crippen LogP contribution in [0.1, 0.15) is 18.1 Å². The molecule has 0 aromatic heterocycles. The van der Waals surface area contributed by atoms with Crippen molar-refractivity contribution in [3.63, 3.8) is 0 Å². The van der Waals surface area contributed by atoms with Crippen LogP contribution in [0.15, 0.2) is 48.5 Å². The molecule has 3 amide bonds. The lowest BCUT2D eigenvalue weighted by Gasteiger charge is -2.22. The first kappa shape index (κ1) is 21.8. The van der Waals surface area contributed by atoms with Crippen molar-refractivity contribution >= 4 is 40.3 Å². The van der Waals surface area contributed by atoms with E-state index in [1.807, 2.05) is 24.3 Å². The van der Waals surface area contributed by atoms with Crippen molar-refractivity contribution < 1.29 is 18.8 Å². The van der Waals surface area contributed by atoms with Crippen LogP contribution in [0, 0.1) is 9.39 Å². The maximum absolute atomic E-state index is 13.1. The Morgan fingerprint density at radius 2 is 1.64 bits per heavy atom. The van der Waals surface area contributed by atoms with Gasteiger partial charge in [-0.3, -0.25) is 14.4 Å². The quantitative estimate of drug-likeness (QED) is 0.484. The molecule has 0 aliphatic rings. The molecule has 2 aromatic carbocycles. The molecule has 2 atom stereocenters. The van der Waals surface area contributed by atoms with Crippen molar-refractivity contribution in [3.05, 3.63) is 69.0 Å². The second kappa shape index (κ2) is 10.2. The van der Waals surface area contributed by atoms with E-state index in [0.717, 1.165) is 9.13 Å². The molecule has 8 heteroatoms. The average molecular weight is 497 g/mol. The lowest BCUT2D eigenvalue weighted by atomic mass is 10.0. The van der Waals surface area contributed by atoms with E-state index >= 15 is 0 Å². The van der Waals surface area contributed by atoms with Gasteiger partial charge < -0.3 is 16.4 Å². The Balaban J connectivity index is 2.14. The molecule has 148 valence electrons. The number of nitrogens with one attached hydrogen (secondary N) is 2. The van der Waals surface area contributed by atoms with Crippen LogP contribution in [0.4, 0.5) is 4.39 Å². The Kier molecular flexibility index (Phi) is 7.91. The van der Waals surface area contributed by atoms with Gasteiger partial charge in [-0.15, -0.1) is 0 Å². The summed E-state index contributed by atoms with van der Waals surface area (Å²) in [6, 6.07) is 11.3. The van der Waals surface area contributed by atoms with E-state index in [-0.39, 0.29) is 12.8 Å². The third-order valence-electron chi connectivity index (χ3n) is 4.09. The third-order valence-corrected chi connectivity index (χ3v) is 5.14. The Labute approximate surface area is 176 Å². The highest BCUT2D eigenvalue weighted by molar-refractivity contribution is 14.1. The predicted octanol–water partition coefficient (Wildman–Crippen LogP) is 1.69. The van der Waals surface area contributed by atoms with Crippen LogP contribution in [0.2, 0.25) is 0 Å².